The standard InChI is InChI=1S/C24H32N2O2/c1-7-20(17(4)15-26(5)6)21-9-8-10-22(23(21)27)24(28)25-19-13-11-18(12-14-19)16(2)3/h7-14,16-17,21H,15H2,1-6H3,(H,25,28)/b20-7+/t17-,21?/m0/s1. The number of carbonyl (C=O) groups excluding carboxylic acids is 2. The number of hydrogen-bond acceptors (Lipinski definition) is 3. The second kappa shape index (κ2) is 9.65. The number of anilines is 1. The first-order valence-corrected chi connectivity index (χ1v) is 9.89. The lowest BCUT2D eigenvalue weighted by molar-refractivity contribution is -0.121. The van der Waals surface area contributed by atoms with E-state index in [-0.39, 0.29) is 29.1 Å². The largest absolute Gasteiger partial charge is 0.322 e. The molecule has 2 atom stereocenters. The highest BCUT2D eigenvalue weighted by Gasteiger charge is 2.31. The van der Waals surface area contributed by atoms with Crippen LogP contribution in [-0.4, -0.2) is 37.2 Å². The third-order valence-electron chi connectivity index (χ3n) is 5.09. The Kier molecular flexibility index (Phi) is 7.53. The molecule has 1 unspecified atom stereocenters. The molecule has 0 aliphatic heterocycles. The lowest BCUT2D eigenvalue weighted by atomic mass is 9.80. The Bertz CT molecular complexity index is 798. The highest BCUT2D eigenvalue weighted by Crippen LogP contribution is 2.28. The zero-order valence-corrected chi connectivity index (χ0v) is 17.8. The lowest BCUT2D eigenvalue weighted by Crippen LogP contribution is -2.31. The first-order chi connectivity index (χ1) is 13.2. The van der Waals surface area contributed by atoms with E-state index >= 15 is 0 Å². The fourth-order valence-electron chi connectivity index (χ4n) is 3.62. The van der Waals surface area contributed by atoms with Crippen LogP contribution in [0, 0.1) is 11.8 Å². The van der Waals surface area contributed by atoms with Gasteiger partial charge in [-0.1, -0.05) is 56.7 Å². The summed E-state index contributed by atoms with van der Waals surface area (Å²) in [6.45, 7) is 9.18. The van der Waals surface area contributed by atoms with Crippen molar-refractivity contribution in [1.82, 2.24) is 4.90 Å². The zero-order valence-electron chi connectivity index (χ0n) is 17.8. The Hall–Kier alpha value is -2.46. The molecule has 28 heavy (non-hydrogen) atoms. The first kappa shape index (κ1) is 21.8. The number of Topliss-reactive ketones (excluding diaryl/α,β-unsaturated/α-hetero) is 1. The third kappa shape index (κ3) is 5.29. The van der Waals surface area contributed by atoms with E-state index in [1.165, 1.54) is 5.56 Å². The van der Waals surface area contributed by atoms with Gasteiger partial charge in [-0.05, 0) is 56.6 Å². The van der Waals surface area contributed by atoms with Gasteiger partial charge in [-0.25, -0.2) is 0 Å². The van der Waals surface area contributed by atoms with Gasteiger partial charge in [0.25, 0.3) is 5.91 Å². The summed E-state index contributed by atoms with van der Waals surface area (Å²) in [4.78, 5) is 27.9. The first-order valence-electron chi connectivity index (χ1n) is 9.89. The number of amides is 1. The van der Waals surface area contributed by atoms with Crippen LogP contribution >= 0.6 is 0 Å². The molecular formula is C24H32N2O2. The minimum Gasteiger partial charge on any atom is -0.322 e. The summed E-state index contributed by atoms with van der Waals surface area (Å²) in [5.41, 5.74) is 3.16. The van der Waals surface area contributed by atoms with Crippen LogP contribution in [0.1, 0.15) is 39.2 Å². The van der Waals surface area contributed by atoms with Crippen LogP contribution in [0.4, 0.5) is 5.69 Å². The summed E-state index contributed by atoms with van der Waals surface area (Å²) in [6.07, 6.45) is 7.32. The molecule has 0 bridgehead atoms. The molecule has 0 saturated heterocycles. The molecule has 1 aromatic carbocycles. The van der Waals surface area contributed by atoms with E-state index in [9.17, 15) is 9.59 Å². The molecule has 0 radical (unpaired) electrons. The van der Waals surface area contributed by atoms with Crippen molar-refractivity contribution in [2.75, 3.05) is 26.0 Å². The maximum atomic E-state index is 13.1. The second-order valence-corrected chi connectivity index (χ2v) is 7.99. The maximum Gasteiger partial charge on any atom is 0.259 e. The molecule has 1 aliphatic carbocycles. The van der Waals surface area contributed by atoms with Crippen LogP contribution < -0.4 is 5.32 Å². The van der Waals surface area contributed by atoms with Crippen LogP contribution in [0.2, 0.25) is 0 Å². The van der Waals surface area contributed by atoms with E-state index < -0.39 is 0 Å². The van der Waals surface area contributed by atoms with Crippen LogP contribution in [-0.2, 0) is 9.59 Å². The molecule has 2 rings (SSSR count). The molecule has 1 aliphatic rings. The Morgan fingerprint density at radius 1 is 1.18 bits per heavy atom. The fraction of sp³-hybridized carbons (Fsp3) is 0.417. The molecule has 0 aromatic heterocycles. The number of ketones is 1. The third-order valence-corrected chi connectivity index (χ3v) is 5.09. The highest BCUT2D eigenvalue weighted by atomic mass is 16.2. The highest BCUT2D eigenvalue weighted by molar-refractivity contribution is 6.25. The number of carbonyl (C=O) groups is 2. The molecule has 4 heteroatoms. The molecule has 4 nitrogen and oxygen atoms in total. The van der Waals surface area contributed by atoms with Gasteiger partial charge in [0.1, 0.15) is 0 Å². The van der Waals surface area contributed by atoms with Gasteiger partial charge in [-0.3, -0.25) is 9.59 Å². The number of nitrogens with zero attached hydrogens (tertiary/aromatic N) is 1. The zero-order chi connectivity index (χ0) is 20.8. The van der Waals surface area contributed by atoms with Crippen LogP contribution in [0.15, 0.2) is 59.7 Å². The van der Waals surface area contributed by atoms with Gasteiger partial charge in [0.2, 0.25) is 0 Å². The Labute approximate surface area is 169 Å². The van der Waals surface area contributed by atoms with Crippen molar-refractivity contribution in [3.63, 3.8) is 0 Å². The van der Waals surface area contributed by atoms with Crippen molar-refractivity contribution >= 4 is 17.4 Å². The van der Waals surface area contributed by atoms with Gasteiger partial charge in [0, 0.05) is 12.2 Å². The van der Waals surface area contributed by atoms with Crippen LogP contribution in [0.25, 0.3) is 0 Å². The van der Waals surface area contributed by atoms with E-state index in [4.69, 9.17) is 0 Å². The van der Waals surface area contributed by atoms with Crippen LogP contribution in [0.5, 0.6) is 0 Å². The monoisotopic (exact) mass is 380 g/mol. The van der Waals surface area contributed by atoms with Crippen molar-refractivity contribution in [2.45, 2.75) is 33.6 Å². The lowest BCUT2D eigenvalue weighted by Gasteiger charge is -2.26. The summed E-state index contributed by atoms with van der Waals surface area (Å²) in [7, 11) is 4.04. The average molecular weight is 381 g/mol. The number of allylic oxidation sites excluding steroid dienone is 4. The molecule has 1 aromatic rings. The second-order valence-electron chi connectivity index (χ2n) is 7.99. The number of hydrogen-bond donors (Lipinski definition) is 1. The summed E-state index contributed by atoms with van der Waals surface area (Å²) < 4.78 is 0. The van der Waals surface area contributed by atoms with Gasteiger partial charge < -0.3 is 10.2 Å². The summed E-state index contributed by atoms with van der Waals surface area (Å²) in [5, 5.41) is 2.86. The predicted octanol–water partition coefficient (Wildman–Crippen LogP) is 4.57. The van der Waals surface area contributed by atoms with Gasteiger partial charge in [0.15, 0.2) is 5.78 Å². The van der Waals surface area contributed by atoms with E-state index in [1.807, 2.05) is 63.5 Å². The molecule has 1 amide bonds. The number of rotatable bonds is 7. The minimum absolute atomic E-state index is 0.141. The number of nitrogens with one attached hydrogen (secondary N) is 1. The molecule has 0 fully saturated rings. The normalized spacial score (nSPS) is 18.4. The van der Waals surface area contributed by atoms with Crippen molar-refractivity contribution in [1.29, 1.82) is 0 Å². The SMILES string of the molecule is C/C=C(/C1C=CC=C(C(=O)Nc2ccc(C(C)C)cc2)C1=O)[C@@H](C)CN(C)C. The fourth-order valence-corrected chi connectivity index (χ4v) is 3.62. The Balaban J connectivity index is 2.13. The molecular weight excluding hydrogens is 348 g/mol. The maximum absolute atomic E-state index is 13.1. The van der Waals surface area contributed by atoms with Crippen molar-refractivity contribution in [3.8, 4) is 0 Å². The van der Waals surface area contributed by atoms with Crippen LogP contribution in [0.3, 0.4) is 0 Å². The molecule has 0 heterocycles. The minimum atomic E-state index is -0.381. The molecule has 0 spiro atoms. The molecule has 0 saturated carbocycles. The Morgan fingerprint density at radius 2 is 1.82 bits per heavy atom. The Morgan fingerprint density at radius 3 is 2.36 bits per heavy atom. The number of benzene rings is 1. The van der Waals surface area contributed by atoms with Crippen molar-refractivity contribution in [3.05, 3.63) is 65.3 Å². The molecule has 150 valence electrons. The topological polar surface area (TPSA) is 49.4 Å². The van der Waals surface area contributed by atoms with Gasteiger partial charge in [-0.2, -0.15) is 0 Å². The van der Waals surface area contributed by atoms with Gasteiger partial charge in [0.05, 0.1) is 11.5 Å². The predicted molar refractivity (Wildman–Crippen MR) is 116 cm³/mol. The van der Waals surface area contributed by atoms with Crippen molar-refractivity contribution in [2.24, 2.45) is 11.8 Å². The van der Waals surface area contributed by atoms with E-state index in [0.29, 0.717) is 11.6 Å². The van der Waals surface area contributed by atoms with E-state index in [2.05, 4.69) is 31.0 Å². The smallest absolute Gasteiger partial charge is 0.259 e. The van der Waals surface area contributed by atoms with Gasteiger partial charge in [-0.15, -0.1) is 0 Å². The summed E-state index contributed by atoms with van der Waals surface area (Å²) in [6, 6.07) is 7.76. The van der Waals surface area contributed by atoms with Crippen molar-refractivity contribution < 1.29 is 9.59 Å². The van der Waals surface area contributed by atoms with E-state index in [1.54, 1.807) is 6.08 Å². The van der Waals surface area contributed by atoms with Gasteiger partial charge >= 0.3 is 0 Å². The summed E-state index contributed by atoms with van der Waals surface area (Å²) in [5.74, 6) is -0.217. The van der Waals surface area contributed by atoms with E-state index in [0.717, 1.165) is 12.1 Å². The quantitative estimate of drug-likeness (QED) is 0.557. The summed E-state index contributed by atoms with van der Waals surface area (Å²) >= 11 is 0. The average Bonchev–Trinajstić information content (AvgIpc) is 2.63. The molecule has 1 N–H and O–H groups in total.